The first kappa shape index (κ1) is 14.6. The number of aryl methyl sites for hydroxylation is 1. The van der Waals surface area contributed by atoms with E-state index in [2.05, 4.69) is 31.9 Å². The zero-order chi connectivity index (χ0) is 14.0. The fraction of sp³-hybridized carbons (Fsp3) is 0.200. The standard InChI is InChI=1S/C15H14Br2O2/c1-9-7-10(16)3-5-12(9)15(18)13-8-11(17)4-6-14(13)19-2/h3-8,15,18H,1-2H3. The molecule has 0 aromatic heterocycles. The van der Waals surface area contributed by atoms with Gasteiger partial charge in [-0.15, -0.1) is 0 Å². The topological polar surface area (TPSA) is 29.5 Å². The zero-order valence-corrected chi connectivity index (χ0v) is 13.8. The molecule has 100 valence electrons. The lowest BCUT2D eigenvalue weighted by molar-refractivity contribution is 0.214. The van der Waals surface area contributed by atoms with Crippen LogP contribution in [0.4, 0.5) is 0 Å². The van der Waals surface area contributed by atoms with E-state index in [4.69, 9.17) is 4.74 Å². The van der Waals surface area contributed by atoms with Gasteiger partial charge in [0.2, 0.25) is 0 Å². The number of aliphatic hydroxyl groups excluding tert-OH is 1. The molecule has 0 aliphatic heterocycles. The number of rotatable bonds is 3. The van der Waals surface area contributed by atoms with Crippen molar-refractivity contribution in [3.05, 3.63) is 62.0 Å². The van der Waals surface area contributed by atoms with Gasteiger partial charge in [-0.05, 0) is 48.4 Å². The van der Waals surface area contributed by atoms with Gasteiger partial charge in [0, 0.05) is 14.5 Å². The lowest BCUT2D eigenvalue weighted by Gasteiger charge is -2.17. The minimum atomic E-state index is -0.708. The fourth-order valence-electron chi connectivity index (χ4n) is 2.03. The van der Waals surface area contributed by atoms with Gasteiger partial charge in [-0.25, -0.2) is 0 Å². The third-order valence-corrected chi connectivity index (χ3v) is 4.00. The average molecular weight is 386 g/mol. The third-order valence-electron chi connectivity index (χ3n) is 3.01. The van der Waals surface area contributed by atoms with Gasteiger partial charge in [0.15, 0.2) is 0 Å². The van der Waals surface area contributed by atoms with Crippen LogP contribution in [0.3, 0.4) is 0 Å². The minimum absolute atomic E-state index is 0.679. The molecule has 2 aromatic rings. The molecule has 0 saturated heterocycles. The van der Waals surface area contributed by atoms with Crippen molar-refractivity contribution in [1.82, 2.24) is 0 Å². The predicted octanol–water partition coefficient (Wildman–Crippen LogP) is 4.61. The normalized spacial score (nSPS) is 12.3. The Hall–Kier alpha value is -0.840. The van der Waals surface area contributed by atoms with Gasteiger partial charge < -0.3 is 9.84 Å². The summed E-state index contributed by atoms with van der Waals surface area (Å²) in [6, 6.07) is 11.5. The molecule has 4 heteroatoms. The third kappa shape index (κ3) is 3.19. The molecule has 0 spiro atoms. The molecule has 0 heterocycles. The molecule has 1 atom stereocenters. The maximum atomic E-state index is 10.6. The Balaban J connectivity index is 2.49. The highest BCUT2D eigenvalue weighted by Gasteiger charge is 2.17. The Morgan fingerprint density at radius 2 is 1.63 bits per heavy atom. The Morgan fingerprint density at radius 1 is 1.00 bits per heavy atom. The summed E-state index contributed by atoms with van der Waals surface area (Å²) < 4.78 is 7.23. The van der Waals surface area contributed by atoms with Crippen LogP contribution >= 0.6 is 31.9 Å². The highest BCUT2D eigenvalue weighted by atomic mass is 79.9. The number of aliphatic hydroxyl groups is 1. The molecule has 0 aliphatic rings. The second-order valence-electron chi connectivity index (χ2n) is 4.29. The molecule has 0 aliphatic carbocycles. The predicted molar refractivity (Wildman–Crippen MR) is 83.6 cm³/mol. The first-order chi connectivity index (χ1) is 9.02. The number of halogens is 2. The van der Waals surface area contributed by atoms with Gasteiger partial charge in [0.05, 0.1) is 7.11 Å². The van der Waals surface area contributed by atoms with Gasteiger partial charge in [-0.2, -0.15) is 0 Å². The number of hydrogen-bond donors (Lipinski definition) is 1. The van der Waals surface area contributed by atoms with E-state index in [0.717, 1.165) is 25.6 Å². The summed E-state index contributed by atoms with van der Waals surface area (Å²) in [5, 5.41) is 10.6. The molecule has 2 rings (SSSR count). The van der Waals surface area contributed by atoms with Crippen LogP contribution in [0.5, 0.6) is 5.75 Å². The first-order valence-electron chi connectivity index (χ1n) is 5.80. The van der Waals surface area contributed by atoms with Gasteiger partial charge >= 0.3 is 0 Å². The van der Waals surface area contributed by atoms with Crippen LogP contribution in [0, 0.1) is 6.92 Å². The molecule has 0 bridgehead atoms. The van der Waals surface area contributed by atoms with Gasteiger partial charge in [-0.1, -0.05) is 37.9 Å². The van der Waals surface area contributed by atoms with E-state index in [-0.39, 0.29) is 0 Å². The average Bonchev–Trinajstić information content (AvgIpc) is 2.38. The maximum absolute atomic E-state index is 10.6. The Morgan fingerprint density at radius 3 is 2.26 bits per heavy atom. The molecule has 1 N–H and O–H groups in total. The summed E-state index contributed by atoms with van der Waals surface area (Å²) in [7, 11) is 1.61. The van der Waals surface area contributed by atoms with Gasteiger partial charge in [0.25, 0.3) is 0 Å². The van der Waals surface area contributed by atoms with E-state index < -0.39 is 6.10 Å². The molecular weight excluding hydrogens is 372 g/mol. The van der Waals surface area contributed by atoms with Crippen LogP contribution in [-0.2, 0) is 0 Å². The number of methoxy groups -OCH3 is 1. The van der Waals surface area contributed by atoms with Crippen molar-refractivity contribution in [3.8, 4) is 5.75 Å². The molecular formula is C15H14Br2O2. The highest BCUT2D eigenvalue weighted by Crippen LogP contribution is 2.34. The van der Waals surface area contributed by atoms with Crippen molar-refractivity contribution in [2.45, 2.75) is 13.0 Å². The molecule has 1 unspecified atom stereocenters. The quantitative estimate of drug-likeness (QED) is 0.835. The molecule has 0 radical (unpaired) electrons. The van der Waals surface area contributed by atoms with E-state index >= 15 is 0 Å². The van der Waals surface area contributed by atoms with Crippen LogP contribution in [0.2, 0.25) is 0 Å². The lowest BCUT2D eigenvalue weighted by Crippen LogP contribution is -2.04. The summed E-state index contributed by atoms with van der Waals surface area (Å²) >= 11 is 6.85. The molecule has 19 heavy (non-hydrogen) atoms. The van der Waals surface area contributed by atoms with Crippen LogP contribution in [0.25, 0.3) is 0 Å². The Labute approximate surface area is 129 Å². The van der Waals surface area contributed by atoms with Crippen LogP contribution in [0.1, 0.15) is 22.8 Å². The monoisotopic (exact) mass is 384 g/mol. The van der Waals surface area contributed by atoms with Crippen LogP contribution in [-0.4, -0.2) is 12.2 Å². The minimum Gasteiger partial charge on any atom is -0.496 e. The van der Waals surface area contributed by atoms with Crippen LogP contribution < -0.4 is 4.74 Å². The molecule has 0 fully saturated rings. The molecule has 0 amide bonds. The van der Waals surface area contributed by atoms with Crippen molar-refractivity contribution < 1.29 is 9.84 Å². The summed E-state index contributed by atoms with van der Waals surface area (Å²) in [6.07, 6.45) is -0.708. The van der Waals surface area contributed by atoms with Crippen molar-refractivity contribution in [1.29, 1.82) is 0 Å². The lowest BCUT2D eigenvalue weighted by atomic mass is 9.97. The molecule has 2 nitrogen and oxygen atoms in total. The summed E-state index contributed by atoms with van der Waals surface area (Å²) in [5.41, 5.74) is 2.66. The Kier molecular flexibility index (Phi) is 4.66. The van der Waals surface area contributed by atoms with Crippen LogP contribution in [0.15, 0.2) is 45.3 Å². The smallest absolute Gasteiger partial charge is 0.125 e. The largest absolute Gasteiger partial charge is 0.496 e. The van der Waals surface area contributed by atoms with Crippen molar-refractivity contribution in [2.24, 2.45) is 0 Å². The summed E-state index contributed by atoms with van der Waals surface area (Å²) in [5.74, 6) is 0.679. The summed E-state index contributed by atoms with van der Waals surface area (Å²) in [6.45, 7) is 1.98. The number of benzene rings is 2. The van der Waals surface area contributed by atoms with E-state index in [1.807, 2.05) is 43.3 Å². The Bertz CT molecular complexity index is 597. The maximum Gasteiger partial charge on any atom is 0.125 e. The van der Waals surface area contributed by atoms with Crippen molar-refractivity contribution in [2.75, 3.05) is 7.11 Å². The van der Waals surface area contributed by atoms with Gasteiger partial charge in [-0.3, -0.25) is 0 Å². The molecule has 0 saturated carbocycles. The molecule has 2 aromatic carbocycles. The highest BCUT2D eigenvalue weighted by molar-refractivity contribution is 9.10. The first-order valence-corrected chi connectivity index (χ1v) is 7.39. The second kappa shape index (κ2) is 6.07. The van der Waals surface area contributed by atoms with E-state index in [0.29, 0.717) is 5.75 Å². The van der Waals surface area contributed by atoms with Crippen molar-refractivity contribution in [3.63, 3.8) is 0 Å². The summed E-state index contributed by atoms with van der Waals surface area (Å²) in [4.78, 5) is 0. The number of ether oxygens (including phenoxy) is 1. The zero-order valence-electron chi connectivity index (χ0n) is 10.7. The van der Waals surface area contributed by atoms with E-state index in [1.165, 1.54) is 0 Å². The van der Waals surface area contributed by atoms with E-state index in [9.17, 15) is 5.11 Å². The van der Waals surface area contributed by atoms with E-state index in [1.54, 1.807) is 7.11 Å². The van der Waals surface area contributed by atoms with Gasteiger partial charge in [0.1, 0.15) is 11.9 Å². The second-order valence-corrected chi connectivity index (χ2v) is 6.12. The SMILES string of the molecule is COc1ccc(Br)cc1C(O)c1ccc(Br)cc1C. The van der Waals surface area contributed by atoms with Crippen molar-refractivity contribution >= 4 is 31.9 Å². The fourth-order valence-corrected chi connectivity index (χ4v) is 2.89. The number of hydrogen-bond acceptors (Lipinski definition) is 2.